The van der Waals surface area contributed by atoms with E-state index < -0.39 is 23.2 Å². The number of hydrogen-bond acceptors (Lipinski definition) is 5. The van der Waals surface area contributed by atoms with Gasteiger partial charge < -0.3 is 4.74 Å². The van der Waals surface area contributed by atoms with Crippen LogP contribution in [0.2, 0.25) is 0 Å². The number of ether oxygens (including phenoxy) is 1. The van der Waals surface area contributed by atoms with E-state index in [0.29, 0.717) is 5.56 Å². The number of benzene rings is 1. The quantitative estimate of drug-likeness (QED) is 0.388. The van der Waals surface area contributed by atoms with Crippen LogP contribution in [-0.2, 0) is 14.3 Å². The number of amides is 2. The van der Waals surface area contributed by atoms with Crippen molar-refractivity contribution in [2.24, 2.45) is 5.41 Å². The van der Waals surface area contributed by atoms with Crippen molar-refractivity contribution < 1.29 is 19.1 Å². The minimum absolute atomic E-state index is 0.0222. The van der Waals surface area contributed by atoms with Crippen LogP contribution in [0, 0.1) is 5.41 Å². The Bertz CT molecular complexity index is 599. The van der Waals surface area contributed by atoms with Crippen molar-refractivity contribution in [1.29, 1.82) is 0 Å². The summed E-state index contributed by atoms with van der Waals surface area (Å²) >= 11 is 0. The first-order chi connectivity index (χ1) is 10.5. The van der Waals surface area contributed by atoms with E-state index in [1.165, 1.54) is 13.0 Å². The molecule has 0 aliphatic carbocycles. The molecular formula is C16H18N2O4. The number of esters is 1. The fourth-order valence-corrected chi connectivity index (χ4v) is 2.22. The van der Waals surface area contributed by atoms with Crippen LogP contribution in [0.4, 0.5) is 0 Å². The van der Waals surface area contributed by atoms with Crippen LogP contribution < -0.4 is 5.32 Å². The standard InChI is InChI=1S/C16H18N2O4/c1-3-9-22-15(21)16(2)10-17-11-18(14(16)20)13(19)12-7-5-4-6-8-12/h3-8,17H,1,9-11H2,2H3. The minimum atomic E-state index is -1.42. The van der Waals surface area contributed by atoms with E-state index in [0.717, 1.165) is 4.90 Å². The molecule has 1 aliphatic heterocycles. The molecule has 1 N–H and O–H groups in total. The molecule has 1 aromatic carbocycles. The molecule has 1 heterocycles. The van der Waals surface area contributed by atoms with Gasteiger partial charge in [0.05, 0.1) is 6.67 Å². The lowest BCUT2D eigenvalue weighted by Gasteiger charge is -2.36. The van der Waals surface area contributed by atoms with Crippen LogP contribution in [0.15, 0.2) is 43.0 Å². The Balaban J connectivity index is 2.21. The third kappa shape index (κ3) is 2.92. The van der Waals surface area contributed by atoms with Crippen LogP contribution in [0.5, 0.6) is 0 Å². The number of rotatable bonds is 4. The molecule has 1 aromatic rings. The molecule has 0 aromatic heterocycles. The van der Waals surface area contributed by atoms with Gasteiger partial charge in [0.15, 0.2) is 5.41 Å². The van der Waals surface area contributed by atoms with Gasteiger partial charge in [0.2, 0.25) is 5.91 Å². The summed E-state index contributed by atoms with van der Waals surface area (Å²) in [5.41, 5.74) is -1.03. The van der Waals surface area contributed by atoms with E-state index in [9.17, 15) is 14.4 Å². The van der Waals surface area contributed by atoms with Gasteiger partial charge in [-0.3, -0.25) is 24.6 Å². The predicted octanol–water partition coefficient (Wildman–Crippen LogP) is 0.952. The van der Waals surface area contributed by atoms with Crippen molar-refractivity contribution in [2.45, 2.75) is 6.92 Å². The van der Waals surface area contributed by atoms with Crippen molar-refractivity contribution >= 4 is 17.8 Å². The molecule has 0 saturated carbocycles. The second-order valence-corrected chi connectivity index (χ2v) is 5.21. The summed E-state index contributed by atoms with van der Waals surface area (Å²) in [4.78, 5) is 38.2. The lowest BCUT2D eigenvalue weighted by atomic mass is 9.87. The Morgan fingerprint density at radius 1 is 1.41 bits per heavy atom. The molecule has 0 radical (unpaired) electrons. The highest BCUT2D eigenvalue weighted by molar-refractivity contribution is 6.12. The minimum Gasteiger partial charge on any atom is -0.461 e. The Labute approximate surface area is 128 Å². The largest absolute Gasteiger partial charge is 0.461 e. The van der Waals surface area contributed by atoms with E-state index in [2.05, 4.69) is 11.9 Å². The highest BCUT2D eigenvalue weighted by atomic mass is 16.5. The van der Waals surface area contributed by atoms with Crippen molar-refractivity contribution in [2.75, 3.05) is 19.8 Å². The number of carbonyl (C=O) groups is 3. The fourth-order valence-electron chi connectivity index (χ4n) is 2.22. The molecule has 1 atom stereocenters. The zero-order valence-corrected chi connectivity index (χ0v) is 12.4. The Morgan fingerprint density at radius 2 is 2.09 bits per heavy atom. The maximum absolute atomic E-state index is 12.6. The molecule has 2 rings (SSSR count). The second kappa shape index (κ2) is 6.53. The molecule has 116 valence electrons. The van der Waals surface area contributed by atoms with Crippen molar-refractivity contribution in [3.05, 3.63) is 48.6 Å². The number of carbonyl (C=O) groups excluding carboxylic acids is 3. The monoisotopic (exact) mass is 302 g/mol. The first-order valence-electron chi connectivity index (χ1n) is 6.91. The smallest absolute Gasteiger partial charge is 0.323 e. The molecule has 0 spiro atoms. The second-order valence-electron chi connectivity index (χ2n) is 5.21. The van der Waals surface area contributed by atoms with Gasteiger partial charge in [-0.2, -0.15) is 0 Å². The summed E-state index contributed by atoms with van der Waals surface area (Å²) in [6.07, 6.45) is 1.43. The summed E-state index contributed by atoms with van der Waals surface area (Å²) in [6, 6.07) is 8.46. The van der Waals surface area contributed by atoms with Crippen molar-refractivity contribution in [1.82, 2.24) is 10.2 Å². The summed E-state index contributed by atoms with van der Waals surface area (Å²) in [6.45, 7) is 5.14. The summed E-state index contributed by atoms with van der Waals surface area (Å²) in [7, 11) is 0. The molecule has 1 saturated heterocycles. The van der Waals surface area contributed by atoms with Gasteiger partial charge in [0.1, 0.15) is 6.61 Å². The van der Waals surface area contributed by atoms with Crippen molar-refractivity contribution in [3.8, 4) is 0 Å². The Morgan fingerprint density at radius 3 is 2.73 bits per heavy atom. The molecule has 6 nitrogen and oxygen atoms in total. The van der Waals surface area contributed by atoms with Crippen LogP contribution in [0.3, 0.4) is 0 Å². The first kappa shape index (κ1) is 15.9. The summed E-state index contributed by atoms with van der Waals surface area (Å²) in [5, 5.41) is 2.92. The number of hydrogen-bond donors (Lipinski definition) is 1. The molecule has 22 heavy (non-hydrogen) atoms. The lowest BCUT2D eigenvalue weighted by molar-refractivity contribution is -0.164. The zero-order chi connectivity index (χ0) is 16.2. The highest BCUT2D eigenvalue weighted by Gasteiger charge is 2.49. The maximum Gasteiger partial charge on any atom is 0.323 e. The topological polar surface area (TPSA) is 75.7 Å². The van der Waals surface area contributed by atoms with E-state index >= 15 is 0 Å². The number of nitrogens with one attached hydrogen (secondary N) is 1. The van der Waals surface area contributed by atoms with E-state index in [1.807, 2.05) is 0 Å². The van der Waals surface area contributed by atoms with Gasteiger partial charge >= 0.3 is 5.97 Å². The van der Waals surface area contributed by atoms with Crippen LogP contribution >= 0.6 is 0 Å². The Hall–Kier alpha value is -2.47. The highest BCUT2D eigenvalue weighted by Crippen LogP contribution is 2.25. The molecule has 2 amide bonds. The van der Waals surface area contributed by atoms with Gasteiger partial charge in [-0.05, 0) is 19.1 Å². The average Bonchev–Trinajstić information content (AvgIpc) is 2.55. The molecule has 1 unspecified atom stereocenters. The third-order valence-electron chi connectivity index (χ3n) is 3.51. The van der Waals surface area contributed by atoms with Gasteiger partial charge in [-0.15, -0.1) is 0 Å². The van der Waals surface area contributed by atoms with Gasteiger partial charge in [-0.25, -0.2) is 0 Å². The normalized spacial score (nSPS) is 21.3. The number of imide groups is 1. The SMILES string of the molecule is C=CCOC(=O)C1(C)CNCN(C(=O)c2ccccc2)C1=O. The summed E-state index contributed by atoms with van der Waals surface area (Å²) in [5.74, 6) is -1.68. The van der Waals surface area contributed by atoms with Crippen LogP contribution in [0.25, 0.3) is 0 Å². The van der Waals surface area contributed by atoms with Gasteiger partial charge in [0.25, 0.3) is 5.91 Å². The van der Waals surface area contributed by atoms with Gasteiger partial charge in [0, 0.05) is 12.1 Å². The molecule has 0 bridgehead atoms. The maximum atomic E-state index is 12.6. The number of nitrogens with zero attached hydrogens (tertiary/aromatic N) is 1. The van der Waals surface area contributed by atoms with Crippen LogP contribution in [-0.4, -0.2) is 42.5 Å². The molecular weight excluding hydrogens is 284 g/mol. The van der Waals surface area contributed by atoms with E-state index in [1.54, 1.807) is 30.3 Å². The van der Waals surface area contributed by atoms with E-state index in [4.69, 9.17) is 4.74 Å². The third-order valence-corrected chi connectivity index (χ3v) is 3.51. The molecule has 1 aliphatic rings. The fraction of sp³-hybridized carbons (Fsp3) is 0.312. The Kier molecular flexibility index (Phi) is 4.72. The molecule has 6 heteroatoms. The molecule has 1 fully saturated rings. The van der Waals surface area contributed by atoms with Gasteiger partial charge in [-0.1, -0.05) is 30.9 Å². The van der Waals surface area contributed by atoms with Crippen LogP contribution in [0.1, 0.15) is 17.3 Å². The lowest BCUT2D eigenvalue weighted by Crippen LogP contribution is -2.61. The average molecular weight is 302 g/mol. The summed E-state index contributed by atoms with van der Waals surface area (Å²) < 4.78 is 4.98. The first-order valence-corrected chi connectivity index (χ1v) is 6.91. The zero-order valence-electron chi connectivity index (χ0n) is 12.4. The van der Waals surface area contributed by atoms with Crippen molar-refractivity contribution in [3.63, 3.8) is 0 Å². The predicted molar refractivity (Wildman–Crippen MR) is 79.8 cm³/mol. The van der Waals surface area contributed by atoms with E-state index in [-0.39, 0.29) is 19.8 Å².